The van der Waals surface area contributed by atoms with E-state index in [1.807, 2.05) is 12.1 Å². The highest BCUT2D eigenvalue weighted by molar-refractivity contribution is 6.55. The third kappa shape index (κ3) is 5.58. The van der Waals surface area contributed by atoms with E-state index in [1.165, 1.54) is 0 Å². The molecule has 0 aliphatic rings. The Bertz CT molecular complexity index is 529. The molecule has 4 heteroatoms. The first-order chi connectivity index (χ1) is 9.86. The molecule has 0 aliphatic heterocycles. The topological polar surface area (TPSA) is 9.23 Å². The number of ether oxygens (including phenoxy) is 1. The smallest absolute Gasteiger partial charge is 0.121 e. The largest absolute Gasteiger partial charge is 0.489 e. The molecule has 0 saturated carbocycles. The van der Waals surface area contributed by atoms with Crippen LogP contribution in [0, 0.1) is 5.92 Å². The molecular weight excluding hydrogens is 327 g/mol. The Morgan fingerprint density at radius 2 is 2.00 bits per heavy atom. The molecule has 1 rings (SSSR count). The predicted octanol–water partition coefficient (Wildman–Crippen LogP) is 6.66. The van der Waals surface area contributed by atoms with Crippen LogP contribution < -0.4 is 4.74 Å². The van der Waals surface area contributed by atoms with E-state index in [2.05, 4.69) is 27.4 Å². The van der Waals surface area contributed by atoms with Crippen LogP contribution in [-0.4, -0.2) is 6.61 Å². The van der Waals surface area contributed by atoms with Gasteiger partial charge >= 0.3 is 0 Å². The van der Waals surface area contributed by atoms with Gasteiger partial charge in [-0.05, 0) is 47.2 Å². The van der Waals surface area contributed by atoms with Gasteiger partial charge in [-0.2, -0.15) is 0 Å². The minimum atomic E-state index is 0.190. The van der Waals surface area contributed by atoms with Crippen molar-refractivity contribution in [3.63, 3.8) is 0 Å². The van der Waals surface area contributed by atoms with Crippen LogP contribution in [0.4, 0.5) is 0 Å². The summed E-state index contributed by atoms with van der Waals surface area (Å²) in [6.45, 7) is 10.9. The number of halogens is 3. The molecule has 0 unspecified atom stereocenters. The van der Waals surface area contributed by atoms with Crippen LogP contribution >= 0.6 is 34.8 Å². The van der Waals surface area contributed by atoms with Gasteiger partial charge in [0, 0.05) is 5.02 Å². The van der Waals surface area contributed by atoms with Crippen molar-refractivity contribution in [1.29, 1.82) is 0 Å². The molecule has 0 atom stereocenters. The van der Waals surface area contributed by atoms with Gasteiger partial charge in [-0.1, -0.05) is 68.6 Å². The summed E-state index contributed by atoms with van der Waals surface area (Å²) in [5, 5.41) is 0.715. The van der Waals surface area contributed by atoms with Crippen molar-refractivity contribution in [2.24, 2.45) is 5.92 Å². The Kier molecular flexibility index (Phi) is 7.65. The van der Waals surface area contributed by atoms with E-state index in [1.54, 1.807) is 6.08 Å². The zero-order valence-corrected chi connectivity index (χ0v) is 14.9. The molecule has 0 N–H and O–H groups in total. The van der Waals surface area contributed by atoms with Crippen LogP contribution in [0.3, 0.4) is 0 Å². The summed E-state index contributed by atoms with van der Waals surface area (Å²) in [5.74, 6) is 1.05. The maximum absolute atomic E-state index is 6.41. The van der Waals surface area contributed by atoms with Crippen molar-refractivity contribution < 1.29 is 4.74 Å². The number of rotatable bonds is 7. The highest BCUT2D eigenvalue weighted by atomic mass is 35.5. The van der Waals surface area contributed by atoms with Crippen LogP contribution in [0.1, 0.15) is 38.3 Å². The molecule has 0 aliphatic carbocycles. The summed E-state index contributed by atoms with van der Waals surface area (Å²) in [6, 6.07) is 3.83. The first kappa shape index (κ1) is 18.4. The number of allylic oxidation sites excluding steroid dienone is 1. The molecule has 0 aromatic heterocycles. The van der Waals surface area contributed by atoms with E-state index in [0.29, 0.717) is 23.3 Å². The summed E-state index contributed by atoms with van der Waals surface area (Å²) in [5.41, 5.74) is 3.28. The van der Waals surface area contributed by atoms with Gasteiger partial charge in [-0.15, -0.1) is 0 Å². The minimum absolute atomic E-state index is 0.190. The monoisotopic (exact) mass is 346 g/mol. The predicted molar refractivity (Wildman–Crippen MR) is 94.6 cm³/mol. The molecule has 21 heavy (non-hydrogen) atoms. The maximum atomic E-state index is 6.41. The van der Waals surface area contributed by atoms with Crippen LogP contribution in [-0.2, 0) is 6.42 Å². The van der Waals surface area contributed by atoms with E-state index in [9.17, 15) is 0 Å². The van der Waals surface area contributed by atoms with Crippen LogP contribution in [0.15, 0.2) is 29.3 Å². The van der Waals surface area contributed by atoms with Crippen LogP contribution in [0.5, 0.6) is 5.75 Å². The van der Waals surface area contributed by atoms with E-state index >= 15 is 0 Å². The van der Waals surface area contributed by atoms with Crippen molar-refractivity contribution >= 4 is 40.4 Å². The van der Waals surface area contributed by atoms with Gasteiger partial charge in [-0.3, -0.25) is 0 Å². The van der Waals surface area contributed by atoms with E-state index in [0.717, 1.165) is 29.5 Å². The molecule has 1 nitrogen and oxygen atoms in total. The van der Waals surface area contributed by atoms with Crippen LogP contribution in [0.25, 0.3) is 5.57 Å². The third-order valence-electron chi connectivity index (χ3n) is 3.20. The minimum Gasteiger partial charge on any atom is -0.489 e. The van der Waals surface area contributed by atoms with Crippen LogP contribution in [0.2, 0.25) is 5.02 Å². The molecule has 1 aromatic carbocycles. The number of hydrogen-bond donors (Lipinski definition) is 0. The van der Waals surface area contributed by atoms with Gasteiger partial charge in [0.1, 0.15) is 16.8 Å². The normalized spacial score (nSPS) is 10.6. The Morgan fingerprint density at radius 3 is 2.52 bits per heavy atom. The average Bonchev–Trinajstić information content (AvgIpc) is 2.40. The molecule has 0 saturated heterocycles. The van der Waals surface area contributed by atoms with Crippen molar-refractivity contribution in [1.82, 2.24) is 0 Å². The fourth-order valence-electron chi connectivity index (χ4n) is 2.00. The first-order valence-corrected chi connectivity index (χ1v) is 8.15. The van der Waals surface area contributed by atoms with E-state index in [4.69, 9.17) is 39.5 Å². The summed E-state index contributed by atoms with van der Waals surface area (Å²) >= 11 is 17.6. The van der Waals surface area contributed by atoms with Crippen molar-refractivity contribution in [3.8, 4) is 5.75 Å². The third-order valence-corrected chi connectivity index (χ3v) is 3.85. The highest BCUT2D eigenvalue weighted by Gasteiger charge is 2.14. The molecule has 116 valence electrons. The SMILES string of the molecule is C=C(c1cc(OCC=C(Cl)Cl)cc(Cl)c1CCC)C(C)C. The summed E-state index contributed by atoms with van der Waals surface area (Å²) < 4.78 is 5.82. The standard InChI is InChI=1S/C17H21Cl3O/c1-5-6-14-15(12(4)11(2)3)9-13(10-16(14)18)21-8-7-17(19)20/h7,9-11H,4-6,8H2,1-3H3. The second kappa shape index (κ2) is 8.73. The zero-order chi connectivity index (χ0) is 16.0. The fourth-order valence-corrected chi connectivity index (χ4v) is 2.43. The molecule has 0 fully saturated rings. The number of benzene rings is 1. The molecule has 0 bridgehead atoms. The quantitative estimate of drug-likeness (QED) is 0.536. The van der Waals surface area contributed by atoms with Gasteiger partial charge in [0.05, 0.1) is 0 Å². The van der Waals surface area contributed by atoms with Crippen molar-refractivity contribution in [2.75, 3.05) is 6.61 Å². The second-order valence-electron chi connectivity index (χ2n) is 5.17. The van der Waals surface area contributed by atoms with E-state index in [-0.39, 0.29) is 4.49 Å². The molecule has 1 aromatic rings. The average molecular weight is 348 g/mol. The molecule has 0 spiro atoms. The van der Waals surface area contributed by atoms with Crippen molar-refractivity contribution in [2.45, 2.75) is 33.6 Å². The summed E-state index contributed by atoms with van der Waals surface area (Å²) in [7, 11) is 0. The Balaban J connectivity index is 3.14. The molecule has 0 amide bonds. The van der Waals surface area contributed by atoms with Gasteiger partial charge in [0.25, 0.3) is 0 Å². The molecule has 0 radical (unpaired) electrons. The van der Waals surface area contributed by atoms with Gasteiger partial charge in [-0.25, -0.2) is 0 Å². The summed E-state index contributed by atoms with van der Waals surface area (Å²) in [6.07, 6.45) is 3.55. The van der Waals surface area contributed by atoms with Crippen molar-refractivity contribution in [3.05, 3.63) is 45.4 Å². The van der Waals surface area contributed by atoms with Gasteiger partial charge in [0.2, 0.25) is 0 Å². The Morgan fingerprint density at radius 1 is 1.33 bits per heavy atom. The lowest BCUT2D eigenvalue weighted by atomic mass is 9.91. The zero-order valence-electron chi connectivity index (χ0n) is 12.7. The molecule has 0 heterocycles. The second-order valence-corrected chi connectivity index (χ2v) is 6.58. The van der Waals surface area contributed by atoms with Gasteiger partial charge in [0.15, 0.2) is 0 Å². The maximum Gasteiger partial charge on any atom is 0.121 e. The lowest BCUT2D eigenvalue weighted by Gasteiger charge is -2.18. The Hall–Kier alpha value is -0.630. The lowest BCUT2D eigenvalue weighted by molar-refractivity contribution is 0.362. The summed E-state index contributed by atoms with van der Waals surface area (Å²) in [4.78, 5) is 0. The van der Waals surface area contributed by atoms with Gasteiger partial charge < -0.3 is 4.74 Å². The molecular formula is C17H21Cl3O. The number of hydrogen-bond acceptors (Lipinski definition) is 1. The van der Waals surface area contributed by atoms with E-state index < -0.39 is 0 Å². The Labute approximate surface area is 142 Å². The fraction of sp³-hybridized carbons (Fsp3) is 0.412. The highest BCUT2D eigenvalue weighted by Crippen LogP contribution is 2.34. The lowest BCUT2D eigenvalue weighted by Crippen LogP contribution is -2.02. The first-order valence-electron chi connectivity index (χ1n) is 7.02.